The standard InChI is InChI=1S/C30H36N4O3/c1-20(2)16-28(33-29(36)25-11-10-23-6-4-5-7-24(23)17-25)30(37)32-27-14-15-34(19-27)18-22-8-12-26(13-9-22)31-21(3)35/h4-13,17,20,27-28H,14-16,18-19H2,1-3H3,(H,31,35)(H,32,37)(H,33,36)/t27-,28-/m0/s1. The molecule has 3 aromatic rings. The molecule has 1 aliphatic rings. The van der Waals surface area contributed by atoms with Crippen molar-refractivity contribution in [2.45, 2.75) is 52.2 Å². The lowest BCUT2D eigenvalue weighted by Crippen LogP contribution is -2.50. The van der Waals surface area contributed by atoms with Crippen LogP contribution in [0.3, 0.4) is 0 Å². The number of carbonyl (C=O) groups excluding carboxylic acids is 3. The maximum Gasteiger partial charge on any atom is 0.251 e. The molecule has 0 bridgehead atoms. The number of amides is 3. The second kappa shape index (κ2) is 12.0. The molecule has 2 atom stereocenters. The van der Waals surface area contributed by atoms with Crippen molar-refractivity contribution in [3.05, 3.63) is 77.9 Å². The molecular formula is C30H36N4O3. The van der Waals surface area contributed by atoms with Gasteiger partial charge in [0.1, 0.15) is 6.04 Å². The highest BCUT2D eigenvalue weighted by Crippen LogP contribution is 2.18. The molecule has 0 spiro atoms. The number of anilines is 1. The quantitative estimate of drug-likeness (QED) is 0.408. The smallest absolute Gasteiger partial charge is 0.251 e. The van der Waals surface area contributed by atoms with E-state index in [1.807, 2.05) is 60.7 Å². The van der Waals surface area contributed by atoms with Crippen LogP contribution in [-0.2, 0) is 16.1 Å². The van der Waals surface area contributed by atoms with Gasteiger partial charge >= 0.3 is 0 Å². The third-order valence-corrected chi connectivity index (χ3v) is 6.64. The zero-order chi connectivity index (χ0) is 26.4. The van der Waals surface area contributed by atoms with E-state index >= 15 is 0 Å². The largest absolute Gasteiger partial charge is 0.350 e. The van der Waals surface area contributed by atoms with Gasteiger partial charge in [-0.15, -0.1) is 0 Å². The first-order valence-corrected chi connectivity index (χ1v) is 13.0. The number of hydrogen-bond acceptors (Lipinski definition) is 4. The Morgan fingerprint density at radius 2 is 1.70 bits per heavy atom. The minimum atomic E-state index is -0.589. The molecule has 0 aliphatic carbocycles. The van der Waals surface area contributed by atoms with Crippen LogP contribution in [0, 0.1) is 5.92 Å². The summed E-state index contributed by atoms with van der Waals surface area (Å²) in [5.41, 5.74) is 2.49. The SMILES string of the molecule is CC(=O)Nc1ccc(CN2CC[C@H](NC(=O)[C@H](CC(C)C)NC(=O)c3ccc4ccccc4c3)C2)cc1. The van der Waals surface area contributed by atoms with Crippen LogP contribution in [0.15, 0.2) is 66.7 Å². The molecule has 1 heterocycles. The van der Waals surface area contributed by atoms with Gasteiger partial charge in [0.2, 0.25) is 11.8 Å². The number of rotatable bonds is 9. The summed E-state index contributed by atoms with van der Waals surface area (Å²) in [7, 11) is 0. The first-order valence-electron chi connectivity index (χ1n) is 13.0. The fourth-order valence-electron chi connectivity index (χ4n) is 4.83. The second-order valence-corrected chi connectivity index (χ2v) is 10.3. The summed E-state index contributed by atoms with van der Waals surface area (Å²) in [5.74, 6) is -0.194. The molecule has 0 radical (unpaired) electrons. The third kappa shape index (κ3) is 7.40. The van der Waals surface area contributed by atoms with Crippen molar-refractivity contribution in [1.82, 2.24) is 15.5 Å². The number of carbonyl (C=O) groups is 3. The van der Waals surface area contributed by atoms with Gasteiger partial charge in [-0.05, 0) is 59.4 Å². The van der Waals surface area contributed by atoms with Crippen LogP contribution < -0.4 is 16.0 Å². The molecule has 37 heavy (non-hydrogen) atoms. The van der Waals surface area contributed by atoms with Crippen molar-refractivity contribution in [1.29, 1.82) is 0 Å². The lowest BCUT2D eigenvalue weighted by molar-refractivity contribution is -0.124. The van der Waals surface area contributed by atoms with Gasteiger partial charge < -0.3 is 16.0 Å². The molecule has 4 rings (SSSR count). The second-order valence-electron chi connectivity index (χ2n) is 10.3. The molecule has 1 saturated heterocycles. The summed E-state index contributed by atoms with van der Waals surface area (Å²) in [6.45, 7) is 8.02. The van der Waals surface area contributed by atoms with Crippen molar-refractivity contribution in [2.75, 3.05) is 18.4 Å². The zero-order valence-electron chi connectivity index (χ0n) is 21.8. The number of fused-ring (bicyclic) bond motifs is 1. The highest BCUT2D eigenvalue weighted by Gasteiger charge is 2.28. The van der Waals surface area contributed by atoms with Gasteiger partial charge in [-0.2, -0.15) is 0 Å². The van der Waals surface area contributed by atoms with Gasteiger partial charge in [0.05, 0.1) is 0 Å². The number of hydrogen-bond donors (Lipinski definition) is 3. The fraction of sp³-hybridized carbons (Fsp3) is 0.367. The van der Waals surface area contributed by atoms with Gasteiger partial charge in [0.15, 0.2) is 0 Å². The van der Waals surface area contributed by atoms with E-state index in [0.29, 0.717) is 12.0 Å². The van der Waals surface area contributed by atoms with E-state index in [1.165, 1.54) is 6.92 Å². The molecule has 3 amide bonds. The summed E-state index contributed by atoms with van der Waals surface area (Å²) < 4.78 is 0. The minimum Gasteiger partial charge on any atom is -0.350 e. The van der Waals surface area contributed by atoms with E-state index in [0.717, 1.165) is 48.1 Å². The Labute approximate surface area is 218 Å². The molecule has 0 unspecified atom stereocenters. The monoisotopic (exact) mass is 500 g/mol. The first kappa shape index (κ1) is 26.4. The van der Waals surface area contributed by atoms with Crippen molar-refractivity contribution in [3.63, 3.8) is 0 Å². The predicted octanol–water partition coefficient (Wildman–Crippen LogP) is 4.33. The average Bonchev–Trinajstić information content (AvgIpc) is 3.30. The molecular weight excluding hydrogens is 464 g/mol. The summed E-state index contributed by atoms with van der Waals surface area (Å²) in [5, 5.41) is 11.0. The molecule has 7 nitrogen and oxygen atoms in total. The zero-order valence-corrected chi connectivity index (χ0v) is 21.8. The Hall–Kier alpha value is -3.71. The van der Waals surface area contributed by atoms with E-state index in [-0.39, 0.29) is 29.7 Å². The minimum absolute atomic E-state index is 0.0402. The predicted molar refractivity (Wildman–Crippen MR) is 147 cm³/mol. The van der Waals surface area contributed by atoms with Crippen molar-refractivity contribution >= 4 is 34.2 Å². The molecule has 0 aromatic heterocycles. The molecule has 7 heteroatoms. The van der Waals surface area contributed by atoms with Crippen molar-refractivity contribution in [3.8, 4) is 0 Å². The van der Waals surface area contributed by atoms with E-state index in [4.69, 9.17) is 0 Å². The summed E-state index contributed by atoms with van der Waals surface area (Å²) in [6.07, 6.45) is 1.44. The number of benzene rings is 3. The lowest BCUT2D eigenvalue weighted by Gasteiger charge is -2.23. The summed E-state index contributed by atoms with van der Waals surface area (Å²) >= 11 is 0. The normalized spacial score (nSPS) is 16.5. The average molecular weight is 501 g/mol. The lowest BCUT2D eigenvalue weighted by atomic mass is 10.0. The van der Waals surface area contributed by atoms with Crippen LogP contribution >= 0.6 is 0 Å². The summed E-state index contributed by atoms with van der Waals surface area (Å²) in [4.78, 5) is 39.8. The Balaban J connectivity index is 1.33. The highest BCUT2D eigenvalue weighted by atomic mass is 16.2. The first-order chi connectivity index (χ1) is 17.8. The Morgan fingerprint density at radius 3 is 2.41 bits per heavy atom. The molecule has 3 aromatic carbocycles. The van der Waals surface area contributed by atoms with Crippen LogP contribution in [0.2, 0.25) is 0 Å². The van der Waals surface area contributed by atoms with Crippen LogP contribution in [0.1, 0.15) is 49.5 Å². The van der Waals surface area contributed by atoms with Gasteiger partial charge in [0, 0.05) is 43.9 Å². The van der Waals surface area contributed by atoms with Crippen LogP contribution in [0.5, 0.6) is 0 Å². The van der Waals surface area contributed by atoms with E-state index in [9.17, 15) is 14.4 Å². The maximum absolute atomic E-state index is 13.2. The van der Waals surface area contributed by atoms with Gasteiger partial charge in [0.25, 0.3) is 5.91 Å². The van der Waals surface area contributed by atoms with E-state index < -0.39 is 6.04 Å². The Bertz CT molecular complexity index is 1260. The van der Waals surface area contributed by atoms with Crippen LogP contribution in [-0.4, -0.2) is 47.8 Å². The van der Waals surface area contributed by atoms with E-state index in [2.05, 4.69) is 34.7 Å². The number of nitrogens with zero attached hydrogens (tertiary/aromatic N) is 1. The van der Waals surface area contributed by atoms with Crippen LogP contribution in [0.4, 0.5) is 5.69 Å². The topological polar surface area (TPSA) is 90.5 Å². The highest BCUT2D eigenvalue weighted by molar-refractivity contribution is 6.00. The maximum atomic E-state index is 13.2. The van der Waals surface area contributed by atoms with Gasteiger partial charge in [-0.3, -0.25) is 19.3 Å². The van der Waals surface area contributed by atoms with Crippen LogP contribution in [0.25, 0.3) is 10.8 Å². The number of likely N-dealkylation sites (tertiary alicyclic amines) is 1. The molecule has 0 saturated carbocycles. The third-order valence-electron chi connectivity index (χ3n) is 6.64. The van der Waals surface area contributed by atoms with Crippen molar-refractivity contribution in [2.24, 2.45) is 5.92 Å². The molecule has 1 fully saturated rings. The fourth-order valence-corrected chi connectivity index (χ4v) is 4.83. The Morgan fingerprint density at radius 1 is 0.973 bits per heavy atom. The van der Waals surface area contributed by atoms with Gasteiger partial charge in [-0.1, -0.05) is 56.3 Å². The number of nitrogens with one attached hydrogen (secondary N) is 3. The van der Waals surface area contributed by atoms with E-state index in [1.54, 1.807) is 6.07 Å². The molecule has 1 aliphatic heterocycles. The molecule has 194 valence electrons. The van der Waals surface area contributed by atoms with Crippen molar-refractivity contribution < 1.29 is 14.4 Å². The van der Waals surface area contributed by atoms with Gasteiger partial charge in [-0.25, -0.2) is 0 Å². The Kier molecular flexibility index (Phi) is 8.56. The molecule has 3 N–H and O–H groups in total. The summed E-state index contributed by atoms with van der Waals surface area (Å²) in [6, 6.07) is 20.8.